The predicted octanol–water partition coefficient (Wildman–Crippen LogP) is 0.639. The van der Waals surface area contributed by atoms with Crippen LogP contribution in [0.3, 0.4) is 0 Å². The van der Waals surface area contributed by atoms with Gasteiger partial charge in [-0.25, -0.2) is 0 Å². The molecule has 0 heterocycles. The summed E-state index contributed by atoms with van der Waals surface area (Å²) in [6.45, 7) is 4.58. The molecule has 0 aliphatic heterocycles. The van der Waals surface area contributed by atoms with Gasteiger partial charge in [0.25, 0.3) is 0 Å². The molecule has 2 unspecified atom stereocenters. The lowest BCUT2D eigenvalue weighted by Crippen LogP contribution is -2.40. The molecule has 0 spiro atoms. The number of carbonyl (C=O) groups excluding carboxylic acids is 1. The first kappa shape index (κ1) is 14.4. The molecule has 0 bridgehead atoms. The Morgan fingerprint density at radius 1 is 1.47 bits per heavy atom. The van der Waals surface area contributed by atoms with Crippen LogP contribution >= 0.6 is 0 Å². The first-order valence-corrected chi connectivity index (χ1v) is 5.77. The van der Waals surface area contributed by atoms with Gasteiger partial charge in [0.2, 0.25) is 5.91 Å². The number of rotatable bonds is 8. The Kier molecular flexibility index (Phi) is 8.33. The number of nitrogens with two attached hydrogens (primary N) is 1. The summed E-state index contributed by atoms with van der Waals surface area (Å²) in [5, 5.41) is 11.6. The van der Waals surface area contributed by atoms with E-state index >= 15 is 0 Å². The molecule has 0 aromatic heterocycles. The van der Waals surface area contributed by atoms with Crippen molar-refractivity contribution in [3.05, 3.63) is 0 Å². The largest absolute Gasteiger partial charge is 0.396 e. The molecular formula is C11H24N2O2. The van der Waals surface area contributed by atoms with E-state index in [9.17, 15) is 4.79 Å². The summed E-state index contributed by atoms with van der Waals surface area (Å²) in [6, 6.07) is 0.121. The van der Waals surface area contributed by atoms with Gasteiger partial charge in [0.05, 0.1) is 5.92 Å². The van der Waals surface area contributed by atoms with Crippen LogP contribution in [0.2, 0.25) is 0 Å². The highest BCUT2D eigenvalue weighted by atomic mass is 16.2. The van der Waals surface area contributed by atoms with Crippen molar-refractivity contribution in [1.82, 2.24) is 5.32 Å². The number of nitrogens with one attached hydrogen (secondary N) is 1. The second kappa shape index (κ2) is 8.68. The minimum atomic E-state index is -0.0634. The summed E-state index contributed by atoms with van der Waals surface area (Å²) < 4.78 is 0. The Morgan fingerprint density at radius 3 is 2.60 bits per heavy atom. The summed E-state index contributed by atoms with van der Waals surface area (Å²) in [4.78, 5) is 11.7. The Labute approximate surface area is 92.2 Å². The second-order valence-corrected chi connectivity index (χ2v) is 4.00. The van der Waals surface area contributed by atoms with E-state index in [1.807, 2.05) is 13.8 Å². The van der Waals surface area contributed by atoms with Gasteiger partial charge in [-0.2, -0.15) is 0 Å². The topological polar surface area (TPSA) is 75.4 Å². The Hall–Kier alpha value is -0.610. The molecule has 0 saturated heterocycles. The van der Waals surface area contributed by atoms with Crippen LogP contribution < -0.4 is 11.1 Å². The highest BCUT2D eigenvalue weighted by molar-refractivity contribution is 5.79. The zero-order chi connectivity index (χ0) is 11.7. The third-order valence-electron chi connectivity index (χ3n) is 2.48. The Balaban J connectivity index is 3.87. The van der Waals surface area contributed by atoms with E-state index < -0.39 is 0 Å². The summed E-state index contributed by atoms with van der Waals surface area (Å²) in [7, 11) is 0. The molecule has 4 N–H and O–H groups in total. The van der Waals surface area contributed by atoms with E-state index in [1.54, 1.807) is 0 Å². The van der Waals surface area contributed by atoms with Crippen molar-refractivity contribution in [3.63, 3.8) is 0 Å². The molecule has 0 saturated carbocycles. The highest BCUT2D eigenvalue weighted by Crippen LogP contribution is 2.06. The molecule has 0 aliphatic rings. The number of hydrogen-bond acceptors (Lipinski definition) is 3. The van der Waals surface area contributed by atoms with Crippen LogP contribution in [-0.2, 0) is 4.79 Å². The molecule has 1 amide bonds. The number of amides is 1. The first-order chi connectivity index (χ1) is 7.15. The molecule has 90 valence electrons. The minimum Gasteiger partial charge on any atom is -0.396 e. The zero-order valence-corrected chi connectivity index (χ0v) is 9.83. The fourth-order valence-corrected chi connectivity index (χ4v) is 1.53. The van der Waals surface area contributed by atoms with Crippen LogP contribution in [-0.4, -0.2) is 30.2 Å². The summed E-state index contributed by atoms with van der Waals surface area (Å²) in [5.74, 6) is -0.0173. The number of aliphatic hydroxyl groups excluding tert-OH is 1. The zero-order valence-electron chi connectivity index (χ0n) is 9.83. The van der Waals surface area contributed by atoms with E-state index in [2.05, 4.69) is 5.32 Å². The van der Waals surface area contributed by atoms with Gasteiger partial charge in [0, 0.05) is 19.2 Å². The molecule has 15 heavy (non-hydrogen) atoms. The molecule has 2 atom stereocenters. The molecule has 4 heteroatoms. The maximum Gasteiger partial charge on any atom is 0.224 e. The van der Waals surface area contributed by atoms with Gasteiger partial charge in [-0.3, -0.25) is 4.79 Å². The van der Waals surface area contributed by atoms with Gasteiger partial charge in [-0.1, -0.05) is 13.3 Å². The molecule has 0 rings (SSSR count). The lowest BCUT2D eigenvalue weighted by molar-refractivity contribution is -0.125. The van der Waals surface area contributed by atoms with Crippen LogP contribution in [0.5, 0.6) is 0 Å². The van der Waals surface area contributed by atoms with Crippen molar-refractivity contribution in [3.8, 4) is 0 Å². The Bertz CT molecular complexity index is 174. The van der Waals surface area contributed by atoms with Crippen molar-refractivity contribution in [2.24, 2.45) is 11.7 Å². The summed E-state index contributed by atoms with van der Waals surface area (Å²) >= 11 is 0. The summed E-state index contributed by atoms with van der Waals surface area (Å²) in [6.07, 6.45) is 3.35. The minimum absolute atomic E-state index is 0.0461. The van der Waals surface area contributed by atoms with Gasteiger partial charge < -0.3 is 16.2 Å². The maximum absolute atomic E-state index is 11.7. The third-order valence-corrected chi connectivity index (χ3v) is 2.48. The van der Waals surface area contributed by atoms with Crippen molar-refractivity contribution < 1.29 is 9.90 Å². The number of carbonyl (C=O) groups is 1. The third kappa shape index (κ3) is 6.47. The van der Waals surface area contributed by atoms with Gasteiger partial charge >= 0.3 is 0 Å². The lowest BCUT2D eigenvalue weighted by atomic mass is 10.0. The van der Waals surface area contributed by atoms with Crippen molar-refractivity contribution in [1.29, 1.82) is 0 Å². The molecule has 0 aromatic rings. The number of aliphatic hydroxyl groups is 1. The smallest absolute Gasteiger partial charge is 0.224 e. The fourth-order valence-electron chi connectivity index (χ4n) is 1.53. The average Bonchev–Trinajstić information content (AvgIpc) is 2.22. The molecule has 0 aromatic carbocycles. The standard InChI is InChI=1S/C11H24N2O2/c1-3-5-10(8-12)11(15)13-9(2)6-4-7-14/h9-10,14H,3-8,12H2,1-2H3,(H,13,15). The predicted molar refractivity (Wildman–Crippen MR) is 61.4 cm³/mol. The SMILES string of the molecule is CCCC(CN)C(=O)NC(C)CCCO. The van der Waals surface area contributed by atoms with Crippen LogP contribution in [0.1, 0.15) is 39.5 Å². The van der Waals surface area contributed by atoms with Gasteiger partial charge in [-0.05, 0) is 26.2 Å². The maximum atomic E-state index is 11.7. The van der Waals surface area contributed by atoms with Crippen molar-refractivity contribution in [2.75, 3.05) is 13.2 Å². The Morgan fingerprint density at radius 2 is 2.13 bits per heavy atom. The molecule has 0 aliphatic carbocycles. The monoisotopic (exact) mass is 216 g/mol. The molecule has 0 fully saturated rings. The summed E-state index contributed by atoms with van der Waals surface area (Å²) in [5.41, 5.74) is 5.53. The van der Waals surface area contributed by atoms with E-state index in [1.165, 1.54) is 0 Å². The van der Waals surface area contributed by atoms with Crippen molar-refractivity contribution in [2.45, 2.75) is 45.6 Å². The van der Waals surface area contributed by atoms with E-state index in [-0.39, 0.29) is 24.5 Å². The fraction of sp³-hybridized carbons (Fsp3) is 0.909. The van der Waals surface area contributed by atoms with Gasteiger partial charge in [-0.15, -0.1) is 0 Å². The lowest BCUT2D eigenvalue weighted by Gasteiger charge is -2.18. The molecular weight excluding hydrogens is 192 g/mol. The normalized spacial score (nSPS) is 14.7. The van der Waals surface area contributed by atoms with Crippen molar-refractivity contribution >= 4 is 5.91 Å². The van der Waals surface area contributed by atoms with Crippen LogP contribution in [0.15, 0.2) is 0 Å². The highest BCUT2D eigenvalue weighted by Gasteiger charge is 2.17. The van der Waals surface area contributed by atoms with E-state index in [0.29, 0.717) is 6.54 Å². The molecule has 0 radical (unpaired) electrons. The quantitative estimate of drug-likeness (QED) is 0.557. The van der Waals surface area contributed by atoms with Crippen LogP contribution in [0, 0.1) is 5.92 Å². The average molecular weight is 216 g/mol. The van der Waals surface area contributed by atoms with Crippen LogP contribution in [0.25, 0.3) is 0 Å². The second-order valence-electron chi connectivity index (χ2n) is 4.00. The first-order valence-electron chi connectivity index (χ1n) is 5.77. The number of hydrogen-bond donors (Lipinski definition) is 3. The van der Waals surface area contributed by atoms with E-state index in [0.717, 1.165) is 25.7 Å². The molecule has 4 nitrogen and oxygen atoms in total. The van der Waals surface area contributed by atoms with Gasteiger partial charge in [0.15, 0.2) is 0 Å². The van der Waals surface area contributed by atoms with Gasteiger partial charge in [0.1, 0.15) is 0 Å². The van der Waals surface area contributed by atoms with Crippen LogP contribution in [0.4, 0.5) is 0 Å². The van der Waals surface area contributed by atoms with E-state index in [4.69, 9.17) is 10.8 Å².